The highest BCUT2D eigenvalue weighted by molar-refractivity contribution is 6.00. The fraction of sp³-hybridized carbons (Fsp3) is 0.286. The van der Waals surface area contributed by atoms with Crippen LogP contribution in [0.5, 0.6) is 0 Å². The van der Waals surface area contributed by atoms with E-state index in [9.17, 15) is 14.4 Å². The number of carbonyl (C=O) groups excluding carboxylic acids is 3. The molecule has 2 aliphatic heterocycles. The first-order valence-corrected chi connectivity index (χ1v) is 9.54. The lowest BCUT2D eigenvalue weighted by Crippen LogP contribution is -2.72. The molecule has 150 valence electrons. The van der Waals surface area contributed by atoms with Gasteiger partial charge in [-0.25, -0.2) is 0 Å². The van der Waals surface area contributed by atoms with Gasteiger partial charge in [0.15, 0.2) is 6.29 Å². The molecule has 8 heteroatoms. The maximum absolute atomic E-state index is 12.8. The summed E-state index contributed by atoms with van der Waals surface area (Å²) < 4.78 is 0. The summed E-state index contributed by atoms with van der Waals surface area (Å²) in [6.07, 6.45) is -1.24. The van der Waals surface area contributed by atoms with Crippen molar-refractivity contribution < 1.29 is 14.4 Å². The molecule has 2 fully saturated rings. The predicted octanol–water partition coefficient (Wildman–Crippen LogP) is 1.13. The highest BCUT2D eigenvalue weighted by atomic mass is 16.2. The van der Waals surface area contributed by atoms with Crippen molar-refractivity contribution in [2.24, 2.45) is 11.8 Å². The summed E-state index contributed by atoms with van der Waals surface area (Å²) in [5, 5.41) is 14.8. The molecule has 4 atom stereocenters. The Morgan fingerprint density at radius 3 is 2.41 bits per heavy atom. The molecular weight excluding hydrogens is 370 g/mol. The summed E-state index contributed by atoms with van der Waals surface area (Å²) >= 11 is 0. The van der Waals surface area contributed by atoms with Crippen LogP contribution in [0.4, 0.5) is 11.4 Å². The van der Waals surface area contributed by atoms with Crippen LogP contribution in [0.2, 0.25) is 0 Å². The number of rotatable bonds is 4. The smallest absolute Gasteiger partial charge is 0.229 e. The molecule has 0 saturated carbocycles. The number of fused-ring (bicyclic) bond motifs is 1. The van der Waals surface area contributed by atoms with Crippen molar-refractivity contribution in [1.82, 2.24) is 16.0 Å². The van der Waals surface area contributed by atoms with Crippen molar-refractivity contribution in [1.29, 1.82) is 0 Å². The number of para-hydroxylation sites is 1. The van der Waals surface area contributed by atoms with E-state index in [4.69, 9.17) is 0 Å². The molecule has 5 N–H and O–H groups in total. The first kappa shape index (κ1) is 18.9. The number of anilines is 2. The first-order valence-electron chi connectivity index (χ1n) is 9.54. The fourth-order valence-electron chi connectivity index (χ4n) is 3.73. The largest absolute Gasteiger partial charge is 0.353 e. The van der Waals surface area contributed by atoms with Gasteiger partial charge in [-0.2, -0.15) is 0 Å². The molecular formula is C21H23N5O3. The minimum Gasteiger partial charge on any atom is -0.353 e. The molecule has 2 aromatic rings. The Balaban J connectivity index is 1.47. The number of nitrogens with one attached hydrogen (secondary N) is 5. The summed E-state index contributed by atoms with van der Waals surface area (Å²) in [4.78, 5) is 37.8. The highest BCUT2D eigenvalue weighted by Gasteiger charge is 2.48. The Kier molecular flexibility index (Phi) is 5.18. The topological polar surface area (TPSA) is 111 Å². The number of benzene rings is 2. The zero-order valence-corrected chi connectivity index (χ0v) is 15.9. The molecule has 3 amide bonds. The third kappa shape index (κ3) is 4.22. The van der Waals surface area contributed by atoms with Crippen molar-refractivity contribution in [2.45, 2.75) is 25.8 Å². The Hall–Kier alpha value is -3.39. The summed E-state index contributed by atoms with van der Waals surface area (Å²) in [5.41, 5.74) is 2.58. The number of amides is 3. The monoisotopic (exact) mass is 393 g/mol. The highest BCUT2D eigenvalue weighted by Crippen LogP contribution is 2.28. The van der Waals surface area contributed by atoms with Gasteiger partial charge in [0.25, 0.3) is 0 Å². The van der Waals surface area contributed by atoms with Crippen LogP contribution < -0.4 is 26.6 Å². The third-order valence-electron chi connectivity index (χ3n) is 5.19. The van der Waals surface area contributed by atoms with E-state index < -0.39 is 24.3 Å². The second-order valence-electron chi connectivity index (χ2n) is 7.36. The van der Waals surface area contributed by atoms with Crippen LogP contribution in [0.1, 0.15) is 12.0 Å². The Bertz CT molecular complexity index is 916. The van der Waals surface area contributed by atoms with Crippen molar-refractivity contribution in [2.75, 3.05) is 10.6 Å². The summed E-state index contributed by atoms with van der Waals surface area (Å²) in [6, 6.07) is 16.7. The Morgan fingerprint density at radius 2 is 1.69 bits per heavy atom. The lowest BCUT2D eigenvalue weighted by Gasteiger charge is -2.43. The van der Waals surface area contributed by atoms with Crippen LogP contribution in [-0.4, -0.2) is 30.2 Å². The average Bonchev–Trinajstić information content (AvgIpc) is 2.69. The van der Waals surface area contributed by atoms with E-state index in [0.717, 1.165) is 11.3 Å². The SMILES string of the molecule is Cc1ccc(NC2NC(=O)C3C(NC(=O)CC3C(=O)Nc3ccccc3)N2)cc1. The number of aryl methyl sites for hydroxylation is 1. The lowest BCUT2D eigenvalue weighted by molar-refractivity contribution is -0.144. The molecule has 0 aromatic heterocycles. The van der Waals surface area contributed by atoms with Crippen LogP contribution in [0.25, 0.3) is 0 Å². The number of hydrogen-bond acceptors (Lipinski definition) is 5. The lowest BCUT2D eigenvalue weighted by atomic mass is 9.81. The van der Waals surface area contributed by atoms with E-state index in [0.29, 0.717) is 5.69 Å². The van der Waals surface area contributed by atoms with Gasteiger partial charge in [0.1, 0.15) is 0 Å². The van der Waals surface area contributed by atoms with Gasteiger partial charge in [-0.05, 0) is 31.2 Å². The van der Waals surface area contributed by atoms with Crippen LogP contribution in [0.15, 0.2) is 54.6 Å². The van der Waals surface area contributed by atoms with Crippen LogP contribution in [-0.2, 0) is 14.4 Å². The molecule has 0 radical (unpaired) electrons. The minimum atomic E-state index is -0.762. The van der Waals surface area contributed by atoms with Gasteiger partial charge in [-0.3, -0.25) is 19.7 Å². The quantitative estimate of drug-likeness (QED) is 0.535. The van der Waals surface area contributed by atoms with Crippen molar-refractivity contribution in [3.63, 3.8) is 0 Å². The molecule has 2 aromatic carbocycles. The molecule has 2 heterocycles. The van der Waals surface area contributed by atoms with E-state index in [1.807, 2.05) is 49.4 Å². The zero-order valence-electron chi connectivity index (χ0n) is 15.9. The zero-order chi connectivity index (χ0) is 20.4. The maximum Gasteiger partial charge on any atom is 0.229 e. The molecule has 4 unspecified atom stereocenters. The molecule has 4 rings (SSSR count). The molecule has 0 aliphatic carbocycles. The second kappa shape index (κ2) is 7.92. The summed E-state index contributed by atoms with van der Waals surface area (Å²) in [5.74, 6) is -2.36. The minimum absolute atomic E-state index is 0.0367. The molecule has 0 bridgehead atoms. The van der Waals surface area contributed by atoms with Gasteiger partial charge in [0, 0.05) is 17.8 Å². The average molecular weight is 393 g/mol. The molecule has 2 aliphatic rings. The van der Waals surface area contributed by atoms with Gasteiger partial charge >= 0.3 is 0 Å². The van der Waals surface area contributed by atoms with E-state index >= 15 is 0 Å². The van der Waals surface area contributed by atoms with Gasteiger partial charge in [0.2, 0.25) is 17.7 Å². The summed E-state index contributed by atoms with van der Waals surface area (Å²) in [6.45, 7) is 1.99. The van der Waals surface area contributed by atoms with Crippen molar-refractivity contribution in [3.8, 4) is 0 Å². The van der Waals surface area contributed by atoms with E-state index in [-0.39, 0.29) is 24.1 Å². The summed E-state index contributed by atoms with van der Waals surface area (Å²) in [7, 11) is 0. The Labute approximate surface area is 168 Å². The first-order chi connectivity index (χ1) is 14.0. The normalized spacial score (nSPS) is 26.0. The van der Waals surface area contributed by atoms with Crippen LogP contribution in [0, 0.1) is 18.8 Å². The maximum atomic E-state index is 12.8. The molecule has 8 nitrogen and oxygen atoms in total. The third-order valence-corrected chi connectivity index (χ3v) is 5.19. The molecule has 29 heavy (non-hydrogen) atoms. The molecule has 0 spiro atoms. The van der Waals surface area contributed by atoms with Gasteiger partial charge in [0.05, 0.1) is 18.0 Å². The van der Waals surface area contributed by atoms with Gasteiger partial charge in [-0.15, -0.1) is 0 Å². The predicted molar refractivity (Wildman–Crippen MR) is 108 cm³/mol. The van der Waals surface area contributed by atoms with Crippen LogP contribution >= 0.6 is 0 Å². The molecule has 2 saturated heterocycles. The van der Waals surface area contributed by atoms with Gasteiger partial charge in [-0.1, -0.05) is 35.9 Å². The number of carbonyl (C=O) groups is 3. The second-order valence-corrected chi connectivity index (χ2v) is 7.36. The van der Waals surface area contributed by atoms with Crippen molar-refractivity contribution in [3.05, 3.63) is 60.2 Å². The fourth-order valence-corrected chi connectivity index (χ4v) is 3.73. The van der Waals surface area contributed by atoms with Crippen LogP contribution in [0.3, 0.4) is 0 Å². The number of hydrogen-bond donors (Lipinski definition) is 5. The van der Waals surface area contributed by atoms with E-state index in [1.54, 1.807) is 12.1 Å². The van der Waals surface area contributed by atoms with E-state index in [1.165, 1.54) is 0 Å². The van der Waals surface area contributed by atoms with E-state index in [2.05, 4.69) is 26.6 Å². The van der Waals surface area contributed by atoms with Gasteiger partial charge < -0.3 is 21.3 Å². The standard InChI is InChI=1S/C21H23N5O3/c1-12-7-9-14(10-8-12)23-21-25-18-17(20(29)26-21)15(11-16(27)24-18)19(28)22-13-5-3-2-4-6-13/h2-10,15,17-18,21,23,25H,11H2,1H3,(H,22,28)(H,24,27)(H,26,29). The number of piperidine rings is 1. The van der Waals surface area contributed by atoms with Crippen molar-refractivity contribution >= 4 is 29.1 Å². The Morgan fingerprint density at radius 1 is 0.966 bits per heavy atom.